The van der Waals surface area contributed by atoms with Gasteiger partial charge in [0, 0.05) is 36.6 Å². The Morgan fingerprint density at radius 2 is 1.06 bits per heavy atom. The van der Waals surface area contributed by atoms with Crippen molar-refractivity contribution >= 4 is 12.4 Å². The van der Waals surface area contributed by atoms with Gasteiger partial charge in [-0.3, -0.25) is 9.98 Å². The highest BCUT2D eigenvalue weighted by atomic mass is 16.3. The Morgan fingerprint density at radius 3 is 1.40 bits per heavy atom. The summed E-state index contributed by atoms with van der Waals surface area (Å²) in [5, 5.41) is 21.4. The lowest BCUT2D eigenvalue weighted by atomic mass is 9.94. The normalized spacial score (nSPS) is 12.1. The summed E-state index contributed by atoms with van der Waals surface area (Å²) in [6.45, 7) is 14.1. The highest BCUT2D eigenvalue weighted by Crippen LogP contribution is 2.31. The number of benzene rings is 2. The van der Waals surface area contributed by atoms with E-state index in [0.717, 1.165) is 67.2 Å². The smallest absolute Gasteiger partial charge is 0.127 e. The predicted molar refractivity (Wildman–Crippen MR) is 151 cm³/mol. The summed E-state index contributed by atoms with van der Waals surface area (Å²) >= 11 is 0. The largest absolute Gasteiger partial charge is 0.507 e. The van der Waals surface area contributed by atoms with E-state index in [1.165, 1.54) is 11.1 Å². The van der Waals surface area contributed by atoms with Gasteiger partial charge < -0.3 is 10.2 Å². The average Bonchev–Trinajstić information content (AvgIpc) is 2.82. The molecule has 0 aliphatic rings. The second kappa shape index (κ2) is 14.7. The maximum atomic E-state index is 10.7. The van der Waals surface area contributed by atoms with E-state index in [0.29, 0.717) is 24.6 Å². The molecule has 0 saturated carbocycles. The summed E-state index contributed by atoms with van der Waals surface area (Å²) < 4.78 is 0. The lowest BCUT2D eigenvalue weighted by Gasteiger charge is -2.13. The Balaban J connectivity index is 2.01. The van der Waals surface area contributed by atoms with Gasteiger partial charge in [0.05, 0.1) is 0 Å². The van der Waals surface area contributed by atoms with Gasteiger partial charge in [-0.15, -0.1) is 0 Å². The molecule has 2 N–H and O–H groups in total. The van der Waals surface area contributed by atoms with Crippen LogP contribution in [0.2, 0.25) is 0 Å². The van der Waals surface area contributed by atoms with Crippen LogP contribution in [-0.4, -0.2) is 35.7 Å². The zero-order chi connectivity index (χ0) is 25.8. The molecule has 4 nitrogen and oxygen atoms in total. The highest BCUT2D eigenvalue weighted by molar-refractivity contribution is 5.85. The third kappa shape index (κ3) is 8.83. The minimum Gasteiger partial charge on any atom is -0.507 e. The van der Waals surface area contributed by atoms with Crippen LogP contribution < -0.4 is 0 Å². The number of aryl methyl sites for hydroxylation is 2. The van der Waals surface area contributed by atoms with E-state index in [-0.39, 0.29) is 11.8 Å². The van der Waals surface area contributed by atoms with Crippen LogP contribution in [0.5, 0.6) is 11.5 Å². The molecule has 0 saturated heterocycles. The molecule has 2 aromatic rings. The van der Waals surface area contributed by atoms with E-state index in [4.69, 9.17) is 0 Å². The summed E-state index contributed by atoms with van der Waals surface area (Å²) in [7, 11) is 0. The first-order valence-electron chi connectivity index (χ1n) is 13.5. The first-order valence-corrected chi connectivity index (χ1v) is 13.5. The SMILES string of the molecule is CCCCc1cc(C=NCCCN=Cc2cc(CCCC)cc(C(C)C)c2O)c(O)c(C(C)C)c1. The molecule has 0 aliphatic heterocycles. The summed E-state index contributed by atoms with van der Waals surface area (Å²) in [4.78, 5) is 9.13. The Morgan fingerprint density at radius 1 is 0.657 bits per heavy atom. The van der Waals surface area contributed by atoms with Crippen molar-refractivity contribution in [3.8, 4) is 11.5 Å². The zero-order valence-corrected chi connectivity index (χ0v) is 22.8. The summed E-state index contributed by atoms with van der Waals surface area (Å²) in [5.41, 5.74) is 6.13. The van der Waals surface area contributed by atoms with Crippen LogP contribution in [0, 0.1) is 0 Å². The van der Waals surface area contributed by atoms with Crippen molar-refractivity contribution in [3.05, 3.63) is 57.6 Å². The molecule has 0 atom stereocenters. The molecule has 192 valence electrons. The van der Waals surface area contributed by atoms with Gasteiger partial charge in [-0.1, -0.05) is 66.5 Å². The Labute approximate surface area is 213 Å². The van der Waals surface area contributed by atoms with Gasteiger partial charge in [-0.2, -0.15) is 0 Å². The fourth-order valence-electron chi connectivity index (χ4n) is 4.20. The maximum absolute atomic E-state index is 10.7. The van der Waals surface area contributed by atoms with Gasteiger partial charge in [0.2, 0.25) is 0 Å². The fourth-order valence-corrected chi connectivity index (χ4v) is 4.20. The van der Waals surface area contributed by atoms with Crippen molar-refractivity contribution in [3.63, 3.8) is 0 Å². The Hall–Kier alpha value is -2.62. The molecule has 0 spiro atoms. The van der Waals surface area contributed by atoms with Gasteiger partial charge in [-0.05, 0) is 78.3 Å². The number of aromatic hydroxyl groups is 2. The second-order valence-electron chi connectivity index (χ2n) is 10.2. The number of hydrogen-bond acceptors (Lipinski definition) is 4. The van der Waals surface area contributed by atoms with E-state index in [9.17, 15) is 10.2 Å². The number of aliphatic imine (C=N–C) groups is 2. The average molecular weight is 479 g/mol. The van der Waals surface area contributed by atoms with Gasteiger partial charge in [0.1, 0.15) is 11.5 Å². The standard InChI is InChI=1S/C31H46N2O2/c1-7-9-12-24-16-26(30(34)28(18-24)22(3)4)20-32-14-11-15-33-21-27-17-25(13-10-8-2)19-29(23(5)6)31(27)35/h16-23,34-35H,7-15H2,1-6H3. The number of unbranched alkanes of at least 4 members (excludes halogenated alkanes) is 2. The molecule has 0 fully saturated rings. The minimum atomic E-state index is 0.270. The van der Waals surface area contributed by atoms with Crippen LogP contribution in [0.25, 0.3) is 0 Å². The molecule has 2 aromatic carbocycles. The van der Waals surface area contributed by atoms with Crippen molar-refractivity contribution in [1.29, 1.82) is 0 Å². The highest BCUT2D eigenvalue weighted by Gasteiger charge is 2.13. The first kappa shape index (κ1) is 28.6. The van der Waals surface area contributed by atoms with Crippen LogP contribution in [0.1, 0.15) is 119 Å². The molecule has 0 amide bonds. The van der Waals surface area contributed by atoms with Crippen LogP contribution in [0.15, 0.2) is 34.3 Å². The van der Waals surface area contributed by atoms with Crippen molar-refractivity contribution in [1.82, 2.24) is 0 Å². The topological polar surface area (TPSA) is 65.2 Å². The monoisotopic (exact) mass is 478 g/mol. The zero-order valence-electron chi connectivity index (χ0n) is 22.8. The summed E-state index contributed by atoms with van der Waals surface area (Å²) in [6, 6.07) is 8.41. The Bertz CT molecular complexity index is 910. The van der Waals surface area contributed by atoms with Crippen LogP contribution >= 0.6 is 0 Å². The van der Waals surface area contributed by atoms with Gasteiger partial charge >= 0.3 is 0 Å². The number of rotatable bonds is 14. The summed E-state index contributed by atoms with van der Waals surface area (Å²) in [6.07, 6.45) is 11.1. The van der Waals surface area contributed by atoms with Crippen molar-refractivity contribution in [2.24, 2.45) is 9.98 Å². The fraction of sp³-hybridized carbons (Fsp3) is 0.548. The van der Waals surface area contributed by atoms with Crippen LogP contribution in [-0.2, 0) is 12.8 Å². The molecule has 0 bridgehead atoms. The lowest BCUT2D eigenvalue weighted by molar-refractivity contribution is 0.463. The van der Waals surface area contributed by atoms with E-state index < -0.39 is 0 Å². The molecule has 0 heterocycles. The third-order valence-electron chi connectivity index (χ3n) is 6.37. The molecule has 0 aromatic heterocycles. The maximum Gasteiger partial charge on any atom is 0.127 e. The van der Waals surface area contributed by atoms with E-state index in [1.54, 1.807) is 12.4 Å². The van der Waals surface area contributed by atoms with Crippen molar-refractivity contribution < 1.29 is 10.2 Å². The minimum absolute atomic E-state index is 0.270. The number of hydrogen-bond donors (Lipinski definition) is 2. The molecule has 0 aliphatic carbocycles. The molecular formula is C31H46N2O2. The van der Waals surface area contributed by atoms with E-state index in [1.807, 2.05) is 0 Å². The van der Waals surface area contributed by atoms with E-state index in [2.05, 4.69) is 75.8 Å². The van der Waals surface area contributed by atoms with Gasteiger partial charge in [-0.25, -0.2) is 0 Å². The van der Waals surface area contributed by atoms with Crippen molar-refractivity contribution in [2.45, 2.75) is 98.3 Å². The third-order valence-corrected chi connectivity index (χ3v) is 6.37. The quantitative estimate of drug-likeness (QED) is 0.214. The molecule has 35 heavy (non-hydrogen) atoms. The van der Waals surface area contributed by atoms with Crippen LogP contribution in [0.3, 0.4) is 0 Å². The molecule has 2 rings (SSSR count). The predicted octanol–water partition coefficient (Wildman–Crippen LogP) is 7.96. The molecule has 0 unspecified atom stereocenters. The number of nitrogens with zero attached hydrogens (tertiary/aromatic N) is 2. The summed E-state index contributed by atoms with van der Waals surface area (Å²) in [5.74, 6) is 1.24. The molecule has 4 heteroatoms. The van der Waals surface area contributed by atoms with Crippen LogP contribution in [0.4, 0.5) is 0 Å². The number of phenolic OH excluding ortho intramolecular Hbond substituents is 2. The molecule has 0 radical (unpaired) electrons. The lowest BCUT2D eigenvalue weighted by Crippen LogP contribution is -1.98. The second-order valence-corrected chi connectivity index (χ2v) is 10.2. The van der Waals surface area contributed by atoms with E-state index >= 15 is 0 Å². The van der Waals surface area contributed by atoms with Gasteiger partial charge in [0.25, 0.3) is 0 Å². The molecular weight excluding hydrogens is 432 g/mol. The number of phenols is 2. The van der Waals surface area contributed by atoms with Crippen molar-refractivity contribution in [2.75, 3.05) is 13.1 Å². The van der Waals surface area contributed by atoms with Gasteiger partial charge in [0.15, 0.2) is 0 Å². The Kier molecular flexibility index (Phi) is 12.0. The first-order chi connectivity index (χ1) is 16.8.